The molecule has 2 N–H and O–H groups in total. The molecule has 0 heterocycles. The summed E-state index contributed by atoms with van der Waals surface area (Å²) < 4.78 is 12.3. The van der Waals surface area contributed by atoms with Crippen LogP contribution in [0.4, 0.5) is 5.69 Å². The van der Waals surface area contributed by atoms with Gasteiger partial charge >= 0.3 is 11.8 Å². The van der Waals surface area contributed by atoms with Gasteiger partial charge in [-0.1, -0.05) is 59.6 Å². The molecular formula is C24H20BrCl2N3O4. The minimum atomic E-state index is -0.973. The number of benzene rings is 3. The van der Waals surface area contributed by atoms with Crippen molar-refractivity contribution in [2.45, 2.75) is 13.5 Å². The first-order valence-corrected chi connectivity index (χ1v) is 11.7. The van der Waals surface area contributed by atoms with Gasteiger partial charge in [-0.3, -0.25) is 9.59 Å². The van der Waals surface area contributed by atoms with Crippen LogP contribution in [0.25, 0.3) is 0 Å². The third-order valence-electron chi connectivity index (χ3n) is 4.34. The summed E-state index contributed by atoms with van der Waals surface area (Å²) in [5, 5.41) is 6.62. The molecule has 0 unspecified atom stereocenters. The van der Waals surface area contributed by atoms with Crippen LogP contribution in [0.5, 0.6) is 11.5 Å². The van der Waals surface area contributed by atoms with Crippen LogP contribution in [0.2, 0.25) is 10.0 Å². The Morgan fingerprint density at radius 1 is 1.03 bits per heavy atom. The van der Waals surface area contributed by atoms with Crippen LogP contribution in [0.15, 0.2) is 70.2 Å². The fourth-order valence-electron chi connectivity index (χ4n) is 2.79. The molecular weight excluding hydrogens is 545 g/mol. The average molecular weight is 565 g/mol. The maximum absolute atomic E-state index is 12.1. The van der Waals surface area contributed by atoms with Crippen molar-refractivity contribution < 1.29 is 19.1 Å². The van der Waals surface area contributed by atoms with Crippen molar-refractivity contribution in [3.05, 3.63) is 86.3 Å². The second kappa shape index (κ2) is 12.4. The lowest BCUT2D eigenvalue weighted by molar-refractivity contribution is -0.136. The smallest absolute Gasteiger partial charge is 0.329 e. The highest BCUT2D eigenvalue weighted by molar-refractivity contribution is 9.10. The Balaban J connectivity index is 1.65. The molecule has 0 aliphatic rings. The number of ether oxygens (including phenoxy) is 2. The van der Waals surface area contributed by atoms with Crippen LogP contribution < -0.4 is 20.2 Å². The summed E-state index contributed by atoms with van der Waals surface area (Å²) in [6, 6.07) is 17.9. The molecule has 34 heavy (non-hydrogen) atoms. The Labute approximate surface area is 215 Å². The lowest BCUT2D eigenvalue weighted by Crippen LogP contribution is -2.32. The van der Waals surface area contributed by atoms with E-state index in [1.54, 1.807) is 24.3 Å². The highest BCUT2D eigenvalue weighted by Gasteiger charge is 2.16. The number of rotatable bonds is 8. The second-order valence-corrected chi connectivity index (χ2v) is 8.43. The summed E-state index contributed by atoms with van der Waals surface area (Å²) in [7, 11) is 0. The molecule has 0 fully saturated rings. The van der Waals surface area contributed by atoms with Gasteiger partial charge in [0.2, 0.25) is 0 Å². The summed E-state index contributed by atoms with van der Waals surface area (Å²) in [4.78, 5) is 24.2. The van der Waals surface area contributed by atoms with Crippen LogP contribution in [-0.4, -0.2) is 24.6 Å². The average Bonchev–Trinajstić information content (AvgIpc) is 2.82. The zero-order valence-electron chi connectivity index (χ0n) is 18.0. The predicted octanol–water partition coefficient (Wildman–Crippen LogP) is 5.82. The van der Waals surface area contributed by atoms with E-state index in [4.69, 9.17) is 32.7 Å². The lowest BCUT2D eigenvalue weighted by atomic mass is 10.2. The molecule has 3 rings (SSSR count). The molecule has 3 aromatic carbocycles. The highest BCUT2D eigenvalue weighted by Crippen LogP contribution is 2.37. The molecule has 0 spiro atoms. The molecule has 0 saturated heterocycles. The second-order valence-electron chi connectivity index (χ2n) is 6.79. The molecule has 3 aromatic rings. The number of hydrazone groups is 1. The quantitative estimate of drug-likeness (QED) is 0.205. The van der Waals surface area contributed by atoms with Crippen LogP contribution in [0, 0.1) is 0 Å². The number of nitrogens with one attached hydrogen (secondary N) is 2. The van der Waals surface area contributed by atoms with Crippen molar-refractivity contribution >= 4 is 62.8 Å². The normalized spacial score (nSPS) is 10.7. The van der Waals surface area contributed by atoms with Gasteiger partial charge in [0.15, 0.2) is 11.5 Å². The molecule has 2 amide bonds. The zero-order chi connectivity index (χ0) is 24.5. The predicted molar refractivity (Wildman–Crippen MR) is 137 cm³/mol. The number of hydrogen-bond acceptors (Lipinski definition) is 5. The number of carbonyl (C=O) groups is 2. The molecule has 176 valence electrons. The van der Waals surface area contributed by atoms with Crippen molar-refractivity contribution in [2.24, 2.45) is 5.10 Å². The Hall–Kier alpha value is -3.07. The first-order chi connectivity index (χ1) is 16.4. The number of nitrogens with zero attached hydrogens (tertiary/aromatic N) is 1. The molecule has 0 bridgehead atoms. The molecule has 0 aliphatic carbocycles. The first-order valence-electron chi connectivity index (χ1n) is 10.1. The van der Waals surface area contributed by atoms with Gasteiger partial charge in [0, 0.05) is 0 Å². The van der Waals surface area contributed by atoms with E-state index in [1.165, 1.54) is 12.3 Å². The van der Waals surface area contributed by atoms with Gasteiger partial charge in [-0.05, 0) is 58.2 Å². The largest absolute Gasteiger partial charge is 0.490 e. The van der Waals surface area contributed by atoms with Gasteiger partial charge < -0.3 is 14.8 Å². The molecule has 0 radical (unpaired) electrons. The third-order valence-corrected chi connectivity index (χ3v) is 5.75. The monoisotopic (exact) mass is 563 g/mol. The molecule has 0 aliphatic heterocycles. The first kappa shape index (κ1) is 25.6. The van der Waals surface area contributed by atoms with Crippen molar-refractivity contribution in [1.29, 1.82) is 0 Å². The Morgan fingerprint density at radius 2 is 1.79 bits per heavy atom. The van der Waals surface area contributed by atoms with E-state index in [0.717, 1.165) is 5.56 Å². The fraction of sp³-hybridized carbons (Fsp3) is 0.125. The topological polar surface area (TPSA) is 89.0 Å². The molecule has 0 aromatic heterocycles. The number of hydrogen-bond donors (Lipinski definition) is 2. The van der Waals surface area contributed by atoms with E-state index in [1.807, 2.05) is 37.3 Å². The summed E-state index contributed by atoms with van der Waals surface area (Å²) >= 11 is 15.4. The van der Waals surface area contributed by atoms with E-state index in [9.17, 15) is 9.59 Å². The third kappa shape index (κ3) is 6.96. The van der Waals surface area contributed by atoms with Gasteiger partial charge in [0.05, 0.1) is 33.0 Å². The Bertz CT molecular complexity index is 1210. The van der Waals surface area contributed by atoms with E-state index >= 15 is 0 Å². The minimum absolute atomic E-state index is 0.136. The van der Waals surface area contributed by atoms with E-state index in [0.29, 0.717) is 34.7 Å². The van der Waals surface area contributed by atoms with Crippen LogP contribution >= 0.6 is 39.1 Å². The number of amides is 2. The standard InChI is InChI=1S/C24H20BrCl2N3O4/c1-2-33-20-12-16(11-17(25)22(20)34-14-15-7-4-3-5-8-15)13-28-30-24(32)23(31)29-19-10-6-9-18(26)21(19)27/h3-13H,2,14H2,1H3,(H,29,31)(H,30,32)/b28-13+. The summed E-state index contributed by atoms with van der Waals surface area (Å²) in [6.45, 7) is 2.66. The van der Waals surface area contributed by atoms with Gasteiger partial charge in [0.25, 0.3) is 0 Å². The van der Waals surface area contributed by atoms with Crippen molar-refractivity contribution in [3.63, 3.8) is 0 Å². The summed E-state index contributed by atoms with van der Waals surface area (Å²) in [5.74, 6) is -0.861. The molecule has 0 atom stereocenters. The summed E-state index contributed by atoms with van der Waals surface area (Å²) in [6.07, 6.45) is 1.38. The van der Waals surface area contributed by atoms with Crippen molar-refractivity contribution in [3.8, 4) is 11.5 Å². The SMILES string of the molecule is CCOc1cc(/C=N/NC(=O)C(=O)Nc2cccc(Cl)c2Cl)cc(Br)c1OCc1ccccc1. The Kier molecular flexibility index (Phi) is 9.33. The van der Waals surface area contributed by atoms with Gasteiger partial charge in [-0.25, -0.2) is 5.43 Å². The van der Waals surface area contributed by atoms with Crippen LogP contribution in [0.1, 0.15) is 18.1 Å². The van der Waals surface area contributed by atoms with Gasteiger partial charge in [-0.2, -0.15) is 5.10 Å². The maximum Gasteiger partial charge on any atom is 0.329 e. The zero-order valence-corrected chi connectivity index (χ0v) is 21.1. The van der Waals surface area contributed by atoms with Crippen LogP contribution in [0.3, 0.4) is 0 Å². The molecule has 10 heteroatoms. The van der Waals surface area contributed by atoms with Gasteiger partial charge in [0.1, 0.15) is 6.61 Å². The maximum atomic E-state index is 12.1. The number of anilines is 1. The minimum Gasteiger partial charge on any atom is -0.490 e. The number of carbonyl (C=O) groups excluding carboxylic acids is 2. The van der Waals surface area contributed by atoms with E-state index in [2.05, 4.69) is 31.8 Å². The highest BCUT2D eigenvalue weighted by atomic mass is 79.9. The fourth-order valence-corrected chi connectivity index (χ4v) is 3.71. The lowest BCUT2D eigenvalue weighted by Gasteiger charge is -2.14. The van der Waals surface area contributed by atoms with Gasteiger partial charge in [-0.15, -0.1) is 0 Å². The van der Waals surface area contributed by atoms with Crippen LogP contribution in [-0.2, 0) is 16.2 Å². The Morgan fingerprint density at radius 3 is 2.53 bits per heavy atom. The van der Waals surface area contributed by atoms with E-state index in [-0.39, 0.29) is 15.7 Å². The molecule has 0 saturated carbocycles. The summed E-state index contributed by atoms with van der Waals surface area (Å²) in [5.41, 5.74) is 4.02. The van der Waals surface area contributed by atoms with Crippen molar-refractivity contribution in [2.75, 3.05) is 11.9 Å². The molecule has 7 nitrogen and oxygen atoms in total. The van der Waals surface area contributed by atoms with Crippen molar-refractivity contribution in [1.82, 2.24) is 5.43 Å². The number of halogens is 3. The van der Waals surface area contributed by atoms with E-state index < -0.39 is 11.8 Å².